The summed E-state index contributed by atoms with van der Waals surface area (Å²) in [5.74, 6) is 0.745. The lowest BCUT2D eigenvalue weighted by Gasteiger charge is -2.09. The molecule has 5 rings (SSSR count). The molecular formula is C23H20FN5OS. The fourth-order valence-corrected chi connectivity index (χ4v) is 4.61. The van der Waals surface area contributed by atoms with Crippen LogP contribution in [-0.2, 0) is 17.8 Å². The molecule has 2 aromatic heterocycles. The van der Waals surface area contributed by atoms with Crippen molar-refractivity contribution in [3.63, 3.8) is 0 Å². The molecule has 1 N–H and O–H groups in total. The smallest absolute Gasteiger partial charge is 0.248 e. The van der Waals surface area contributed by atoms with Gasteiger partial charge in [-0.3, -0.25) is 4.79 Å². The molecule has 3 heterocycles. The lowest BCUT2D eigenvalue weighted by Crippen LogP contribution is -2.10. The van der Waals surface area contributed by atoms with Crippen molar-refractivity contribution < 1.29 is 9.18 Å². The first-order chi connectivity index (χ1) is 15.2. The molecule has 1 amide bonds. The molecule has 156 valence electrons. The molecule has 0 spiro atoms. The Hall–Kier alpha value is -3.39. The standard InChI is InChI=1S/C23H20FN5OS/c24-16-10-9-15(23-28-27-20-8-2-1-5-13-29(20)23)14-18(16)25-21(30)11-12-22-26-17-6-3-4-7-19(17)31-22/h3-4,6-7,9-12,14H,1-2,5,8,13H2,(H,25,30)/b12-11+. The van der Waals surface area contributed by atoms with Crippen molar-refractivity contribution in [3.05, 3.63) is 65.2 Å². The molecule has 8 heteroatoms. The summed E-state index contributed by atoms with van der Waals surface area (Å²) in [7, 11) is 0. The number of nitrogens with zero attached hydrogens (tertiary/aromatic N) is 4. The van der Waals surface area contributed by atoms with E-state index < -0.39 is 11.7 Å². The fraction of sp³-hybridized carbons (Fsp3) is 0.217. The molecule has 0 saturated heterocycles. The Bertz CT molecular complexity index is 1260. The van der Waals surface area contributed by atoms with Gasteiger partial charge in [0.2, 0.25) is 5.91 Å². The topological polar surface area (TPSA) is 72.7 Å². The number of aryl methyl sites for hydroxylation is 1. The van der Waals surface area contributed by atoms with Gasteiger partial charge in [0.05, 0.1) is 15.9 Å². The van der Waals surface area contributed by atoms with Crippen molar-refractivity contribution in [2.45, 2.75) is 32.2 Å². The lowest BCUT2D eigenvalue weighted by atomic mass is 10.1. The minimum absolute atomic E-state index is 0.113. The van der Waals surface area contributed by atoms with Crippen molar-refractivity contribution in [1.82, 2.24) is 19.7 Å². The van der Waals surface area contributed by atoms with Gasteiger partial charge < -0.3 is 9.88 Å². The Balaban J connectivity index is 1.36. The molecule has 0 radical (unpaired) electrons. The van der Waals surface area contributed by atoms with Gasteiger partial charge in [0.25, 0.3) is 0 Å². The quantitative estimate of drug-likeness (QED) is 0.456. The first kappa shape index (κ1) is 19.6. The maximum Gasteiger partial charge on any atom is 0.248 e. The Morgan fingerprint density at radius 1 is 1.13 bits per heavy atom. The molecule has 0 fully saturated rings. The predicted molar refractivity (Wildman–Crippen MR) is 120 cm³/mol. The number of aromatic nitrogens is 4. The number of hydrogen-bond acceptors (Lipinski definition) is 5. The van der Waals surface area contributed by atoms with E-state index in [2.05, 4.69) is 25.1 Å². The number of rotatable bonds is 4. The average molecular weight is 434 g/mol. The minimum Gasteiger partial charge on any atom is -0.320 e. The number of anilines is 1. The average Bonchev–Trinajstić information content (AvgIpc) is 3.30. The Kier molecular flexibility index (Phi) is 5.30. The van der Waals surface area contributed by atoms with E-state index in [1.54, 1.807) is 18.2 Å². The summed E-state index contributed by atoms with van der Waals surface area (Å²) in [6.07, 6.45) is 7.24. The highest BCUT2D eigenvalue weighted by molar-refractivity contribution is 7.19. The Labute approximate surface area is 182 Å². The monoisotopic (exact) mass is 433 g/mol. The summed E-state index contributed by atoms with van der Waals surface area (Å²) in [6.45, 7) is 0.849. The lowest BCUT2D eigenvalue weighted by molar-refractivity contribution is -0.111. The molecular weight excluding hydrogens is 413 g/mol. The van der Waals surface area contributed by atoms with Crippen LogP contribution < -0.4 is 5.32 Å². The van der Waals surface area contributed by atoms with Crippen LogP contribution in [-0.4, -0.2) is 25.7 Å². The molecule has 0 atom stereocenters. The van der Waals surface area contributed by atoms with Crippen LogP contribution in [0.2, 0.25) is 0 Å². The summed E-state index contributed by atoms with van der Waals surface area (Å²) in [4.78, 5) is 16.9. The molecule has 31 heavy (non-hydrogen) atoms. The SMILES string of the molecule is O=C(/C=C/c1nc2ccccc2s1)Nc1cc(-c2nnc3n2CCCCC3)ccc1F. The van der Waals surface area contributed by atoms with Gasteiger partial charge in [-0.1, -0.05) is 18.6 Å². The molecule has 0 saturated carbocycles. The van der Waals surface area contributed by atoms with E-state index in [-0.39, 0.29) is 5.69 Å². The molecule has 0 unspecified atom stereocenters. The normalized spacial score (nSPS) is 14.0. The largest absolute Gasteiger partial charge is 0.320 e. The van der Waals surface area contributed by atoms with Gasteiger partial charge in [-0.05, 0) is 49.2 Å². The third-order valence-corrected chi connectivity index (χ3v) is 6.28. The van der Waals surface area contributed by atoms with Gasteiger partial charge in [-0.2, -0.15) is 0 Å². The summed E-state index contributed by atoms with van der Waals surface area (Å²) >= 11 is 1.49. The third-order valence-electron chi connectivity index (χ3n) is 5.28. The molecule has 6 nitrogen and oxygen atoms in total. The van der Waals surface area contributed by atoms with Gasteiger partial charge in [-0.25, -0.2) is 9.37 Å². The van der Waals surface area contributed by atoms with Crippen LogP contribution in [0.5, 0.6) is 0 Å². The third kappa shape index (κ3) is 4.11. The zero-order chi connectivity index (χ0) is 21.2. The van der Waals surface area contributed by atoms with Crippen molar-refractivity contribution in [2.75, 3.05) is 5.32 Å². The molecule has 0 bridgehead atoms. The molecule has 1 aliphatic rings. The maximum atomic E-state index is 14.4. The second kappa shape index (κ2) is 8.39. The van der Waals surface area contributed by atoms with Gasteiger partial charge in [0.1, 0.15) is 16.6 Å². The molecule has 2 aromatic carbocycles. The number of hydrogen-bond donors (Lipinski definition) is 1. The van der Waals surface area contributed by atoms with E-state index in [1.807, 2.05) is 24.3 Å². The van der Waals surface area contributed by atoms with Gasteiger partial charge in [0.15, 0.2) is 5.82 Å². The van der Waals surface area contributed by atoms with Gasteiger partial charge in [-0.15, -0.1) is 21.5 Å². The van der Waals surface area contributed by atoms with Crippen LogP contribution in [0.4, 0.5) is 10.1 Å². The first-order valence-electron chi connectivity index (χ1n) is 10.2. The zero-order valence-corrected chi connectivity index (χ0v) is 17.5. The van der Waals surface area contributed by atoms with E-state index in [9.17, 15) is 9.18 Å². The Morgan fingerprint density at radius 2 is 2.03 bits per heavy atom. The number of nitrogens with one attached hydrogen (secondary N) is 1. The number of para-hydroxylation sites is 1. The van der Waals surface area contributed by atoms with Crippen molar-refractivity contribution in [2.24, 2.45) is 0 Å². The number of fused-ring (bicyclic) bond motifs is 2. The summed E-state index contributed by atoms with van der Waals surface area (Å²) in [6, 6.07) is 12.4. The number of amides is 1. The molecule has 4 aromatic rings. The molecule has 0 aliphatic carbocycles. The summed E-state index contributed by atoms with van der Waals surface area (Å²) in [5.41, 5.74) is 1.73. The highest BCUT2D eigenvalue weighted by Gasteiger charge is 2.17. The number of carbonyl (C=O) groups is 1. The highest BCUT2D eigenvalue weighted by Crippen LogP contribution is 2.27. The predicted octanol–water partition coefficient (Wildman–Crippen LogP) is 5.07. The second-order valence-electron chi connectivity index (χ2n) is 7.44. The fourth-order valence-electron chi connectivity index (χ4n) is 3.74. The van der Waals surface area contributed by atoms with Crippen LogP contribution in [0, 0.1) is 5.82 Å². The number of carbonyl (C=O) groups excluding carboxylic acids is 1. The Morgan fingerprint density at radius 3 is 2.94 bits per heavy atom. The number of benzene rings is 2. The van der Waals surface area contributed by atoms with E-state index in [0.29, 0.717) is 5.82 Å². The summed E-state index contributed by atoms with van der Waals surface area (Å²) < 4.78 is 17.5. The van der Waals surface area contributed by atoms with Gasteiger partial charge in [0, 0.05) is 24.6 Å². The van der Waals surface area contributed by atoms with E-state index in [0.717, 1.165) is 58.8 Å². The van der Waals surface area contributed by atoms with Crippen LogP contribution in [0.15, 0.2) is 48.5 Å². The zero-order valence-electron chi connectivity index (χ0n) is 16.7. The molecule has 1 aliphatic heterocycles. The van der Waals surface area contributed by atoms with Crippen LogP contribution in [0.3, 0.4) is 0 Å². The minimum atomic E-state index is -0.499. The van der Waals surface area contributed by atoms with Crippen LogP contribution in [0.25, 0.3) is 27.7 Å². The highest BCUT2D eigenvalue weighted by atomic mass is 32.1. The van der Waals surface area contributed by atoms with Gasteiger partial charge >= 0.3 is 0 Å². The van der Waals surface area contributed by atoms with Crippen molar-refractivity contribution in [3.8, 4) is 11.4 Å². The van der Waals surface area contributed by atoms with E-state index in [1.165, 1.54) is 23.5 Å². The van der Waals surface area contributed by atoms with E-state index in [4.69, 9.17) is 0 Å². The summed E-state index contributed by atoms with van der Waals surface area (Å²) in [5, 5.41) is 12.0. The number of thiazole rings is 1. The van der Waals surface area contributed by atoms with Crippen molar-refractivity contribution >= 4 is 39.2 Å². The van der Waals surface area contributed by atoms with E-state index >= 15 is 0 Å². The number of halogens is 1. The van der Waals surface area contributed by atoms with Crippen molar-refractivity contribution in [1.29, 1.82) is 0 Å². The maximum absolute atomic E-state index is 14.4. The first-order valence-corrected chi connectivity index (χ1v) is 11.1. The van der Waals surface area contributed by atoms with Crippen LogP contribution in [0.1, 0.15) is 30.1 Å². The van der Waals surface area contributed by atoms with Crippen LogP contribution >= 0.6 is 11.3 Å². The second-order valence-corrected chi connectivity index (χ2v) is 8.50.